The molecule has 0 radical (unpaired) electrons. The summed E-state index contributed by atoms with van der Waals surface area (Å²) in [7, 11) is 2.04. The van der Waals surface area contributed by atoms with Crippen LogP contribution in [0, 0.1) is 5.41 Å². The molecule has 1 heteroatoms. The van der Waals surface area contributed by atoms with Gasteiger partial charge in [0.2, 0.25) is 0 Å². The minimum absolute atomic E-state index is 0.271. The van der Waals surface area contributed by atoms with E-state index in [9.17, 15) is 0 Å². The summed E-state index contributed by atoms with van der Waals surface area (Å²) < 4.78 is 0. The van der Waals surface area contributed by atoms with Crippen LogP contribution in [-0.2, 0) is 0 Å². The average molecular weight is 143 g/mol. The van der Waals surface area contributed by atoms with Gasteiger partial charge < -0.3 is 5.32 Å². The number of nitrogens with one attached hydrogen (secondary N) is 1. The van der Waals surface area contributed by atoms with Gasteiger partial charge >= 0.3 is 0 Å². The van der Waals surface area contributed by atoms with Crippen molar-refractivity contribution in [2.75, 3.05) is 7.05 Å². The Bertz CT molecular complexity index is 95.8. The highest BCUT2D eigenvalue weighted by atomic mass is 14.9. The van der Waals surface area contributed by atoms with Crippen molar-refractivity contribution in [3.05, 3.63) is 0 Å². The van der Waals surface area contributed by atoms with E-state index in [0.29, 0.717) is 5.41 Å². The van der Waals surface area contributed by atoms with E-state index in [-0.39, 0.29) is 5.54 Å². The molecule has 0 bridgehead atoms. The monoisotopic (exact) mass is 143 g/mol. The highest BCUT2D eigenvalue weighted by Gasteiger charge is 2.33. The van der Waals surface area contributed by atoms with Gasteiger partial charge in [0.25, 0.3) is 0 Å². The molecule has 10 heavy (non-hydrogen) atoms. The Kier molecular flexibility index (Phi) is 2.90. The zero-order chi connectivity index (χ0) is 8.41. The Balaban J connectivity index is 4.33. The summed E-state index contributed by atoms with van der Waals surface area (Å²) in [4.78, 5) is 0. The molecule has 62 valence electrons. The van der Waals surface area contributed by atoms with E-state index in [0.717, 1.165) is 0 Å². The maximum absolute atomic E-state index is 3.37. The van der Waals surface area contributed by atoms with E-state index < -0.39 is 0 Å². The van der Waals surface area contributed by atoms with Crippen LogP contribution in [0.3, 0.4) is 0 Å². The van der Waals surface area contributed by atoms with E-state index in [1.807, 2.05) is 7.05 Å². The first-order valence-corrected chi connectivity index (χ1v) is 4.06. The highest BCUT2D eigenvalue weighted by molar-refractivity contribution is 4.91. The molecule has 0 aliphatic heterocycles. The second-order valence-electron chi connectivity index (χ2n) is 4.19. The van der Waals surface area contributed by atoms with E-state index in [4.69, 9.17) is 0 Å². The van der Waals surface area contributed by atoms with Crippen molar-refractivity contribution in [1.29, 1.82) is 0 Å². The van der Waals surface area contributed by atoms with Crippen molar-refractivity contribution in [2.45, 2.75) is 46.6 Å². The molecule has 1 N–H and O–H groups in total. The van der Waals surface area contributed by atoms with Crippen LogP contribution in [-0.4, -0.2) is 12.6 Å². The van der Waals surface area contributed by atoms with Crippen LogP contribution in [0.2, 0.25) is 0 Å². The van der Waals surface area contributed by atoms with Crippen LogP contribution >= 0.6 is 0 Å². The summed E-state index contributed by atoms with van der Waals surface area (Å²) >= 11 is 0. The maximum atomic E-state index is 3.37. The van der Waals surface area contributed by atoms with Gasteiger partial charge in [-0.1, -0.05) is 27.7 Å². The Hall–Kier alpha value is -0.0400. The first-order chi connectivity index (χ1) is 4.37. The van der Waals surface area contributed by atoms with Crippen molar-refractivity contribution in [3.8, 4) is 0 Å². The van der Waals surface area contributed by atoms with Gasteiger partial charge in [-0.25, -0.2) is 0 Å². The minimum Gasteiger partial charge on any atom is -0.314 e. The van der Waals surface area contributed by atoms with Crippen LogP contribution in [0.5, 0.6) is 0 Å². The molecule has 0 spiro atoms. The largest absolute Gasteiger partial charge is 0.314 e. The third-order valence-corrected chi connectivity index (χ3v) is 2.91. The lowest BCUT2D eigenvalue weighted by atomic mass is 9.73. The van der Waals surface area contributed by atoms with Gasteiger partial charge in [-0.15, -0.1) is 0 Å². The van der Waals surface area contributed by atoms with Crippen molar-refractivity contribution < 1.29 is 0 Å². The number of rotatable bonds is 2. The van der Waals surface area contributed by atoms with Crippen molar-refractivity contribution >= 4 is 0 Å². The molecule has 0 aromatic heterocycles. The van der Waals surface area contributed by atoms with Crippen LogP contribution in [0.1, 0.15) is 41.0 Å². The predicted molar refractivity (Wildman–Crippen MR) is 47.2 cm³/mol. The lowest BCUT2D eigenvalue weighted by molar-refractivity contribution is 0.161. The molecule has 0 rings (SSSR count). The van der Waals surface area contributed by atoms with Crippen LogP contribution in [0.4, 0.5) is 0 Å². The Morgan fingerprint density at radius 2 is 1.50 bits per heavy atom. The van der Waals surface area contributed by atoms with Gasteiger partial charge in [-0.3, -0.25) is 0 Å². The third-order valence-electron chi connectivity index (χ3n) is 2.91. The number of hydrogen-bond acceptors (Lipinski definition) is 1. The zero-order valence-electron chi connectivity index (χ0n) is 8.21. The molecule has 1 nitrogen and oxygen atoms in total. The summed E-state index contributed by atoms with van der Waals surface area (Å²) in [6.45, 7) is 11.3. The van der Waals surface area contributed by atoms with Gasteiger partial charge in [0, 0.05) is 5.54 Å². The van der Waals surface area contributed by atoms with Gasteiger partial charge in [0.05, 0.1) is 0 Å². The molecule has 0 aromatic rings. The van der Waals surface area contributed by atoms with E-state index in [2.05, 4.69) is 39.9 Å². The lowest BCUT2D eigenvalue weighted by Gasteiger charge is -2.41. The second-order valence-corrected chi connectivity index (χ2v) is 4.19. The van der Waals surface area contributed by atoms with Crippen LogP contribution < -0.4 is 5.32 Å². The summed E-state index contributed by atoms with van der Waals surface area (Å²) in [5, 5.41) is 3.37. The SMILES string of the molecule is CCC(C)(NC)C(C)(C)C. The molecular weight excluding hydrogens is 122 g/mol. The lowest BCUT2D eigenvalue weighted by Crippen LogP contribution is -2.50. The van der Waals surface area contributed by atoms with E-state index in [1.165, 1.54) is 6.42 Å². The normalized spacial score (nSPS) is 18.6. The molecule has 0 heterocycles. The smallest absolute Gasteiger partial charge is 0.0196 e. The quantitative estimate of drug-likeness (QED) is 0.626. The Morgan fingerprint density at radius 1 is 1.10 bits per heavy atom. The van der Waals surface area contributed by atoms with E-state index in [1.54, 1.807) is 0 Å². The molecule has 1 unspecified atom stereocenters. The molecule has 1 atom stereocenters. The van der Waals surface area contributed by atoms with Gasteiger partial charge in [0.15, 0.2) is 0 Å². The molecule has 0 fully saturated rings. The fourth-order valence-electron chi connectivity index (χ4n) is 1.08. The minimum atomic E-state index is 0.271. The first kappa shape index (κ1) is 9.96. The summed E-state index contributed by atoms with van der Waals surface area (Å²) in [6, 6.07) is 0. The molecule has 0 aliphatic carbocycles. The van der Waals surface area contributed by atoms with Crippen molar-refractivity contribution in [1.82, 2.24) is 5.32 Å². The van der Waals surface area contributed by atoms with Crippen molar-refractivity contribution in [3.63, 3.8) is 0 Å². The standard InChI is InChI=1S/C9H21N/c1-7-9(5,10-6)8(2,3)4/h10H,7H2,1-6H3. The summed E-state index contributed by atoms with van der Waals surface area (Å²) in [5.74, 6) is 0. The maximum Gasteiger partial charge on any atom is 0.0196 e. The van der Waals surface area contributed by atoms with Gasteiger partial charge in [-0.2, -0.15) is 0 Å². The summed E-state index contributed by atoms with van der Waals surface area (Å²) in [5.41, 5.74) is 0.615. The fraction of sp³-hybridized carbons (Fsp3) is 1.00. The van der Waals surface area contributed by atoms with Crippen LogP contribution in [0.25, 0.3) is 0 Å². The first-order valence-electron chi connectivity index (χ1n) is 4.06. The van der Waals surface area contributed by atoms with Crippen molar-refractivity contribution in [2.24, 2.45) is 5.41 Å². The molecule has 0 amide bonds. The third kappa shape index (κ3) is 1.72. The van der Waals surface area contributed by atoms with Crippen LogP contribution in [0.15, 0.2) is 0 Å². The van der Waals surface area contributed by atoms with E-state index >= 15 is 0 Å². The predicted octanol–water partition coefficient (Wildman–Crippen LogP) is 2.42. The average Bonchev–Trinajstić information content (AvgIpc) is 1.84. The molecule has 0 saturated carbocycles. The molecule has 0 saturated heterocycles. The number of hydrogen-bond donors (Lipinski definition) is 1. The molecule has 0 aliphatic rings. The second kappa shape index (κ2) is 2.91. The Morgan fingerprint density at radius 3 is 1.50 bits per heavy atom. The summed E-state index contributed by atoms with van der Waals surface area (Å²) in [6.07, 6.45) is 1.17. The Labute approximate surface area is 65.2 Å². The molecule has 0 aromatic carbocycles. The fourth-order valence-corrected chi connectivity index (χ4v) is 1.08. The van der Waals surface area contributed by atoms with Gasteiger partial charge in [-0.05, 0) is 25.8 Å². The highest BCUT2D eigenvalue weighted by Crippen LogP contribution is 2.31. The zero-order valence-corrected chi connectivity index (χ0v) is 8.21. The topological polar surface area (TPSA) is 12.0 Å². The van der Waals surface area contributed by atoms with Gasteiger partial charge in [0.1, 0.15) is 0 Å². The molecular formula is C9H21N.